The van der Waals surface area contributed by atoms with Gasteiger partial charge in [-0.2, -0.15) is 0 Å². The summed E-state index contributed by atoms with van der Waals surface area (Å²) in [6, 6.07) is 5.76. The lowest BCUT2D eigenvalue weighted by atomic mass is 10.2. The van der Waals surface area contributed by atoms with Gasteiger partial charge in [-0.25, -0.2) is 4.98 Å². The van der Waals surface area contributed by atoms with Crippen LogP contribution in [0, 0.1) is 0 Å². The normalized spacial score (nSPS) is 15.3. The summed E-state index contributed by atoms with van der Waals surface area (Å²) in [6.07, 6.45) is 2.22. The van der Waals surface area contributed by atoms with Crippen molar-refractivity contribution in [3.8, 4) is 0 Å². The van der Waals surface area contributed by atoms with E-state index in [1.165, 1.54) is 0 Å². The van der Waals surface area contributed by atoms with Crippen molar-refractivity contribution in [3.05, 3.63) is 24.0 Å². The quantitative estimate of drug-likeness (QED) is 0.881. The lowest BCUT2D eigenvalue weighted by Gasteiger charge is -2.17. The number of rotatable bonds is 3. The third-order valence-corrected chi connectivity index (χ3v) is 4.11. The molecule has 1 amide bonds. The van der Waals surface area contributed by atoms with E-state index in [0.717, 1.165) is 42.8 Å². The second-order valence-electron chi connectivity index (χ2n) is 6.01. The Labute approximate surface area is 124 Å². The number of nitrogen functional groups attached to an aromatic ring is 1. The van der Waals surface area contributed by atoms with Gasteiger partial charge in [0.15, 0.2) is 0 Å². The van der Waals surface area contributed by atoms with Gasteiger partial charge in [0.25, 0.3) is 0 Å². The molecule has 2 heterocycles. The number of carbonyl (C=O) groups excluding carboxylic acids is 1. The van der Waals surface area contributed by atoms with Crippen LogP contribution in [0.2, 0.25) is 0 Å². The van der Waals surface area contributed by atoms with Crippen LogP contribution in [0.3, 0.4) is 0 Å². The fourth-order valence-corrected chi connectivity index (χ4v) is 3.00. The van der Waals surface area contributed by atoms with Crippen LogP contribution < -0.4 is 5.73 Å². The van der Waals surface area contributed by atoms with Crippen molar-refractivity contribution in [3.63, 3.8) is 0 Å². The first-order valence-corrected chi connectivity index (χ1v) is 7.60. The number of amides is 1. The van der Waals surface area contributed by atoms with Crippen LogP contribution in [-0.2, 0) is 11.3 Å². The van der Waals surface area contributed by atoms with Crippen molar-refractivity contribution in [2.24, 2.45) is 0 Å². The van der Waals surface area contributed by atoms with Gasteiger partial charge in [-0.15, -0.1) is 0 Å². The molecule has 21 heavy (non-hydrogen) atoms. The van der Waals surface area contributed by atoms with Crippen molar-refractivity contribution >= 4 is 22.6 Å². The minimum Gasteiger partial charge on any atom is -0.397 e. The molecular weight excluding hydrogens is 264 g/mol. The number of fused-ring (bicyclic) bond motifs is 1. The highest BCUT2D eigenvalue weighted by molar-refractivity contribution is 5.89. The van der Waals surface area contributed by atoms with Gasteiger partial charge in [0.1, 0.15) is 17.9 Å². The molecular formula is C16H22N4O. The molecule has 112 valence electrons. The van der Waals surface area contributed by atoms with E-state index in [1.807, 2.05) is 27.7 Å². The maximum atomic E-state index is 12.5. The Morgan fingerprint density at radius 2 is 2.05 bits per heavy atom. The molecule has 2 aromatic rings. The summed E-state index contributed by atoms with van der Waals surface area (Å²) in [5.41, 5.74) is 8.44. The molecule has 1 aromatic carbocycles. The number of nitrogens with two attached hydrogens (primary N) is 1. The Morgan fingerprint density at radius 1 is 1.33 bits per heavy atom. The molecule has 5 heteroatoms. The zero-order chi connectivity index (χ0) is 15.0. The zero-order valence-corrected chi connectivity index (χ0v) is 12.7. The summed E-state index contributed by atoms with van der Waals surface area (Å²) < 4.78 is 2.02. The van der Waals surface area contributed by atoms with Crippen LogP contribution in [-0.4, -0.2) is 33.4 Å². The maximum Gasteiger partial charge on any atom is 0.242 e. The second-order valence-corrected chi connectivity index (χ2v) is 6.01. The minimum atomic E-state index is 0.177. The van der Waals surface area contributed by atoms with Crippen LogP contribution in [0.25, 0.3) is 11.0 Å². The second kappa shape index (κ2) is 5.39. The summed E-state index contributed by atoms with van der Waals surface area (Å²) in [7, 11) is 0. The van der Waals surface area contributed by atoms with Crippen molar-refractivity contribution in [2.45, 2.75) is 39.2 Å². The lowest BCUT2D eigenvalue weighted by Crippen LogP contribution is -2.31. The van der Waals surface area contributed by atoms with E-state index in [-0.39, 0.29) is 11.8 Å². The molecule has 3 rings (SSSR count). The lowest BCUT2D eigenvalue weighted by molar-refractivity contribution is -0.130. The molecule has 0 aliphatic carbocycles. The van der Waals surface area contributed by atoms with E-state index in [0.29, 0.717) is 12.2 Å². The number of hydrogen-bond donors (Lipinski definition) is 1. The number of nitrogens with zero attached hydrogens (tertiary/aromatic N) is 3. The van der Waals surface area contributed by atoms with Crippen LogP contribution in [0.4, 0.5) is 5.69 Å². The zero-order valence-electron chi connectivity index (χ0n) is 12.7. The summed E-state index contributed by atoms with van der Waals surface area (Å²) in [6.45, 7) is 6.30. The van der Waals surface area contributed by atoms with Crippen LogP contribution >= 0.6 is 0 Å². The van der Waals surface area contributed by atoms with Crippen LogP contribution in [0.1, 0.15) is 38.4 Å². The first-order valence-electron chi connectivity index (χ1n) is 7.60. The number of hydrogen-bond acceptors (Lipinski definition) is 3. The maximum absolute atomic E-state index is 12.5. The van der Waals surface area contributed by atoms with Crippen molar-refractivity contribution < 1.29 is 4.79 Å². The Hall–Kier alpha value is -2.04. The Morgan fingerprint density at radius 3 is 2.71 bits per heavy atom. The van der Waals surface area contributed by atoms with Gasteiger partial charge in [0.2, 0.25) is 5.91 Å². The van der Waals surface area contributed by atoms with Gasteiger partial charge < -0.3 is 15.2 Å². The molecule has 1 aliphatic rings. The molecule has 0 atom stereocenters. The highest BCUT2D eigenvalue weighted by Gasteiger charge is 2.22. The molecule has 1 aromatic heterocycles. The Kier molecular flexibility index (Phi) is 3.57. The predicted molar refractivity (Wildman–Crippen MR) is 84.0 cm³/mol. The molecule has 0 unspecified atom stereocenters. The molecule has 0 bridgehead atoms. The average molecular weight is 286 g/mol. The molecule has 0 radical (unpaired) electrons. The first-order chi connectivity index (χ1) is 10.1. The van der Waals surface area contributed by atoms with Crippen molar-refractivity contribution in [1.29, 1.82) is 0 Å². The molecule has 1 fully saturated rings. The standard InChI is InChI=1S/C16H22N4O/c1-11(2)16-18-15-12(17)6-5-7-13(15)20(16)10-14(21)19-8-3-4-9-19/h5-7,11H,3-4,8-10,17H2,1-2H3. The summed E-state index contributed by atoms with van der Waals surface area (Å²) in [5.74, 6) is 1.36. The number of anilines is 1. The molecule has 1 saturated heterocycles. The number of para-hydroxylation sites is 1. The topological polar surface area (TPSA) is 64.1 Å². The van der Waals surface area contributed by atoms with E-state index in [9.17, 15) is 4.79 Å². The third-order valence-electron chi connectivity index (χ3n) is 4.11. The smallest absolute Gasteiger partial charge is 0.242 e. The van der Waals surface area contributed by atoms with Gasteiger partial charge >= 0.3 is 0 Å². The molecule has 1 aliphatic heterocycles. The highest BCUT2D eigenvalue weighted by atomic mass is 16.2. The summed E-state index contributed by atoms with van der Waals surface area (Å²) >= 11 is 0. The van der Waals surface area contributed by atoms with E-state index < -0.39 is 0 Å². The van der Waals surface area contributed by atoms with Crippen LogP contribution in [0.15, 0.2) is 18.2 Å². The number of imidazole rings is 1. The Bertz CT molecular complexity index is 668. The minimum absolute atomic E-state index is 0.177. The van der Waals surface area contributed by atoms with Crippen molar-refractivity contribution in [1.82, 2.24) is 14.5 Å². The average Bonchev–Trinajstić information content (AvgIpc) is 3.07. The fourth-order valence-electron chi connectivity index (χ4n) is 3.00. The monoisotopic (exact) mass is 286 g/mol. The third kappa shape index (κ3) is 2.48. The largest absolute Gasteiger partial charge is 0.397 e. The van der Waals surface area contributed by atoms with Gasteiger partial charge in [0.05, 0.1) is 11.2 Å². The molecule has 5 nitrogen and oxygen atoms in total. The highest BCUT2D eigenvalue weighted by Crippen LogP contribution is 2.26. The molecule has 2 N–H and O–H groups in total. The van der Waals surface area contributed by atoms with E-state index >= 15 is 0 Å². The predicted octanol–water partition coefficient (Wildman–Crippen LogP) is 2.36. The number of benzene rings is 1. The molecule has 0 spiro atoms. The van der Waals surface area contributed by atoms with Gasteiger partial charge in [0, 0.05) is 19.0 Å². The number of carbonyl (C=O) groups is 1. The van der Waals surface area contributed by atoms with E-state index in [4.69, 9.17) is 5.73 Å². The van der Waals surface area contributed by atoms with Gasteiger partial charge in [-0.05, 0) is 25.0 Å². The number of aromatic nitrogens is 2. The Balaban J connectivity index is 2.01. The number of likely N-dealkylation sites (tertiary alicyclic amines) is 1. The summed E-state index contributed by atoms with van der Waals surface area (Å²) in [4.78, 5) is 19.1. The molecule has 0 saturated carbocycles. The van der Waals surface area contributed by atoms with Gasteiger partial charge in [-0.3, -0.25) is 4.79 Å². The van der Waals surface area contributed by atoms with E-state index in [2.05, 4.69) is 18.8 Å². The fraction of sp³-hybridized carbons (Fsp3) is 0.500. The summed E-state index contributed by atoms with van der Waals surface area (Å²) in [5, 5.41) is 0. The van der Waals surface area contributed by atoms with Gasteiger partial charge in [-0.1, -0.05) is 19.9 Å². The van der Waals surface area contributed by atoms with E-state index in [1.54, 1.807) is 0 Å². The van der Waals surface area contributed by atoms with Crippen LogP contribution in [0.5, 0.6) is 0 Å². The SMILES string of the molecule is CC(C)c1nc2c(N)cccc2n1CC(=O)N1CCCC1. The van der Waals surface area contributed by atoms with Crippen molar-refractivity contribution in [2.75, 3.05) is 18.8 Å². The first kappa shape index (κ1) is 13.9.